The van der Waals surface area contributed by atoms with Gasteiger partial charge in [0.05, 0.1) is 0 Å². The SMILES string of the molecule is CN(C)C(=O)CCNC(=O)CC1CC2CCC(C1)N2.Cl. The van der Waals surface area contributed by atoms with Crippen LogP contribution in [0.1, 0.15) is 38.5 Å². The first-order valence-electron chi connectivity index (χ1n) is 7.27. The molecule has 2 atom stereocenters. The van der Waals surface area contributed by atoms with E-state index in [9.17, 15) is 9.59 Å². The molecule has 2 aliphatic heterocycles. The lowest BCUT2D eigenvalue weighted by Crippen LogP contribution is -2.40. The summed E-state index contributed by atoms with van der Waals surface area (Å²) in [6.45, 7) is 0.452. The van der Waals surface area contributed by atoms with Gasteiger partial charge < -0.3 is 15.5 Å². The molecule has 0 aromatic heterocycles. The smallest absolute Gasteiger partial charge is 0.223 e. The average molecular weight is 304 g/mol. The van der Waals surface area contributed by atoms with Gasteiger partial charge in [-0.25, -0.2) is 0 Å². The third-order valence-corrected chi connectivity index (χ3v) is 4.20. The molecule has 0 saturated carbocycles. The third-order valence-electron chi connectivity index (χ3n) is 4.20. The molecule has 0 radical (unpaired) electrons. The van der Waals surface area contributed by atoms with E-state index in [2.05, 4.69) is 10.6 Å². The van der Waals surface area contributed by atoms with Crippen LogP contribution in [0.15, 0.2) is 0 Å². The lowest BCUT2D eigenvalue weighted by molar-refractivity contribution is -0.128. The molecule has 0 aliphatic carbocycles. The Morgan fingerprint density at radius 3 is 2.35 bits per heavy atom. The van der Waals surface area contributed by atoms with Crippen molar-refractivity contribution in [2.24, 2.45) is 5.92 Å². The van der Waals surface area contributed by atoms with E-state index in [4.69, 9.17) is 0 Å². The molecule has 2 saturated heterocycles. The van der Waals surface area contributed by atoms with E-state index in [0.717, 1.165) is 12.8 Å². The highest BCUT2D eigenvalue weighted by Gasteiger charge is 2.34. The molecule has 0 aromatic rings. The summed E-state index contributed by atoms with van der Waals surface area (Å²) >= 11 is 0. The van der Waals surface area contributed by atoms with Crippen LogP contribution in [0.4, 0.5) is 0 Å². The van der Waals surface area contributed by atoms with Crippen molar-refractivity contribution in [2.45, 2.75) is 50.6 Å². The summed E-state index contributed by atoms with van der Waals surface area (Å²) in [6, 6.07) is 1.26. The van der Waals surface area contributed by atoms with Crippen LogP contribution < -0.4 is 10.6 Å². The Morgan fingerprint density at radius 2 is 1.80 bits per heavy atom. The fourth-order valence-electron chi connectivity index (χ4n) is 3.21. The minimum atomic E-state index is 0. The van der Waals surface area contributed by atoms with Crippen molar-refractivity contribution >= 4 is 24.2 Å². The zero-order chi connectivity index (χ0) is 13.8. The van der Waals surface area contributed by atoms with E-state index in [1.54, 1.807) is 19.0 Å². The van der Waals surface area contributed by atoms with Crippen LogP contribution >= 0.6 is 12.4 Å². The molecule has 2 amide bonds. The second kappa shape index (κ2) is 7.84. The Bertz CT molecular complexity index is 337. The Morgan fingerprint density at radius 1 is 1.20 bits per heavy atom. The number of halogens is 1. The van der Waals surface area contributed by atoms with Crippen LogP contribution in [0.25, 0.3) is 0 Å². The highest BCUT2D eigenvalue weighted by molar-refractivity contribution is 5.85. The van der Waals surface area contributed by atoms with Crippen LogP contribution in [0, 0.1) is 5.92 Å². The van der Waals surface area contributed by atoms with E-state index < -0.39 is 0 Å². The minimum Gasteiger partial charge on any atom is -0.356 e. The Labute approximate surface area is 127 Å². The first-order chi connectivity index (χ1) is 9.04. The summed E-state index contributed by atoms with van der Waals surface area (Å²) in [4.78, 5) is 24.8. The van der Waals surface area contributed by atoms with Gasteiger partial charge in [-0.1, -0.05) is 0 Å². The zero-order valence-corrected chi connectivity index (χ0v) is 13.2. The summed E-state index contributed by atoms with van der Waals surface area (Å²) in [5.41, 5.74) is 0. The number of amides is 2. The third kappa shape index (κ3) is 4.94. The number of nitrogens with zero attached hydrogens (tertiary/aromatic N) is 1. The van der Waals surface area contributed by atoms with Gasteiger partial charge >= 0.3 is 0 Å². The van der Waals surface area contributed by atoms with E-state index >= 15 is 0 Å². The Kier molecular flexibility index (Phi) is 6.76. The fourth-order valence-corrected chi connectivity index (χ4v) is 3.21. The van der Waals surface area contributed by atoms with Crippen molar-refractivity contribution in [1.29, 1.82) is 0 Å². The molecule has 0 spiro atoms. The number of piperidine rings is 1. The van der Waals surface area contributed by atoms with Crippen LogP contribution in [-0.2, 0) is 9.59 Å². The molecular formula is C14H26ClN3O2. The molecule has 2 N–H and O–H groups in total. The van der Waals surface area contributed by atoms with Gasteiger partial charge in [0.2, 0.25) is 11.8 Å². The number of hydrogen-bond acceptors (Lipinski definition) is 3. The highest BCUT2D eigenvalue weighted by atomic mass is 35.5. The summed E-state index contributed by atoms with van der Waals surface area (Å²) in [5, 5.41) is 6.44. The fraction of sp³-hybridized carbons (Fsp3) is 0.857. The van der Waals surface area contributed by atoms with Crippen LogP contribution in [0.5, 0.6) is 0 Å². The number of carbonyl (C=O) groups is 2. The largest absolute Gasteiger partial charge is 0.356 e. The molecule has 20 heavy (non-hydrogen) atoms. The van der Waals surface area contributed by atoms with Crippen molar-refractivity contribution < 1.29 is 9.59 Å². The molecule has 2 aliphatic rings. The zero-order valence-electron chi connectivity index (χ0n) is 12.4. The van der Waals surface area contributed by atoms with Crippen LogP contribution in [0.2, 0.25) is 0 Å². The van der Waals surface area contributed by atoms with Crippen molar-refractivity contribution in [3.8, 4) is 0 Å². The van der Waals surface area contributed by atoms with Gasteiger partial charge in [-0.3, -0.25) is 9.59 Å². The van der Waals surface area contributed by atoms with E-state index in [-0.39, 0.29) is 24.2 Å². The number of nitrogens with one attached hydrogen (secondary N) is 2. The summed E-state index contributed by atoms with van der Waals surface area (Å²) in [5.74, 6) is 0.668. The lowest BCUT2D eigenvalue weighted by Gasteiger charge is -2.28. The van der Waals surface area contributed by atoms with E-state index in [1.807, 2.05) is 0 Å². The quantitative estimate of drug-likeness (QED) is 0.794. The van der Waals surface area contributed by atoms with Crippen LogP contribution in [0.3, 0.4) is 0 Å². The maximum atomic E-state index is 11.8. The lowest BCUT2D eigenvalue weighted by atomic mass is 9.89. The van der Waals surface area contributed by atoms with E-state index in [1.165, 1.54) is 12.8 Å². The van der Waals surface area contributed by atoms with Crippen molar-refractivity contribution in [3.63, 3.8) is 0 Å². The van der Waals surface area contributed by atoms with Gasteiger partial charge in [0.15, 0.2) is 0 Å². The maximum Gasteiger partial charge on any atom is 0.223 e. The van der Waals surface area contributed by atoms with Crippen molar-refractivity contribution in [2.75, 3.05) is 20.6 Å². The second-order valence-corrected chi connectivity index (χ2v) is 6.07. The predicted molar refractivity (Wildman–Crippen MR) is 80.9 cm³/mol. The standard InChI is InChI=1S/C14H25N3O2.ClH/c1-17(2)14(19)5-6-15-13(18)9-10-7-11-3-4-12(8-10)16-11;/h10-12,16H,3-9H2,1-2H3,(H,15,18);1H. The predicted octanol–water partition coefficient (Wildman–Crippen LogP) is 0.923. The average Bonchev–Trinajstić information content (AvgIpc) is 2.68. The normalized spacial score (nSPS) is 27.6. The monoisotopic (exact) mass is 303 g/mol. The number of fused-ring (bicyclic) bond motifs is 2. The minimum absolute atomic E-state index is 0. The van der Waals surface area contributed by atoms with E-state index in [0.29, 0.717) is 37.4 Å². The first kappa shape index (κ1) is 17.2. The Hall–Kier alpha value is -0.810. The molecule has 2 fully saturated rings. The first-order valence-corrected chi connectivity index (χ1v) is 7.27. The van der Waals surface area contributed by atoms with Crippen molar-refractivity contribution in [1.82, 2.24) is 15.5 Å². The summed E-state index contributed by atoms with van der Waals surface area (Å²) < 4.78 is 0. The molecule has 116 valence electrons. The topological polar surface area (TPSA) is 61.4 Å². The molecule has 2 bridgehead atoms. The number of rotatable bonds is 5. The second-order valence-electron chi connectivity index (χ2n) is 6.07. The summed E-state index contributed by atoms with van der Waals surface area (Å²) in [6.07, 6.45) is 5.78. The van der Waals surface area contributed by atoms with Crippen LogP contribution in [-0.4, -0.2) is 49.4 Å². The molecule has 2 heterocycles. The van der Waals surface area contributed by atoms with Gasteiger partial charge in [-0.2, -0.15) is 0 Å². The van der Waals surface area contributed by atoms with Crippen molar-refractivity contribution in [3.05, 3.63) is 0 Å². The number of carbonyl (C=O) groups excluding carboxylic acids is 2. The number of hydrogen-bond donors (Lipinski definition) is 2. The van der Waals surface area contributed by atoms with Gasteiger partial charge in [-0.15, -0.1) is 12.4 Å². The van der Waals surface area contributed by atoms with Gasteiger partial charge in [0.1, 0.15) is 0 Å². The highest BCUT2D eigenvalue weighted by Crippen LogP contribution is 2.32. The Balaban J connectivity index is 0.00000200. The summed E-state index contributed by atoms with van der Waals surface area (Å²) in [7, 11) is 3.46. The molecular weight excluding hydrogens is 278 g/mol. The van der Waals surface area contributed by atoms with Gasteiger partial charge in [0.25, 0.3) is 0 Å². The van der Waals surface area contributed by atoms with Gasteiger partial charge in [0, 0.05) is 45.6 Å². The molecule has 5 nitrogen and oxygen atoms in total. The molecule has 2 rings (SSSR count). The maximum absolute atomic E-state index is 11.8. The molecule has 0 aromatic carbocycles. The molecule has 6 heteroatoms. The van der Waals surface area contributed by atoms with Gasteiger partial charge in [-0.05, 0) is 31.6 Å². The molecule has 2 unspecified atom stereocenters.